The molecule has 0 fully saturated rings. The monoisotopic (exact) mass is 232 g/mol. The van der Waals surface area contributed by atoms with Crippen molar-refractivity contribution in [3.8, 4) is 5.75 Å². The Balaban J connectivity index is 2.92. The fourth-order valence-electron chi connectivity index (χ4n) is 1.55. The first-order chi connectivity index (χ1) is 8.04. The molecule has 0 amide bonds. The fraction of sp³-hybridized carbons (Fsp3) is 0.0833. The van der Waals surface area contributed by atoms with Gasteiger partial charge >= 0.3 is 5.63 Å². The van der Waals surface area contributed by atoms with Crippen molar-refractivity contribution in [3.05, 3.63) is 39.7 Å². The summed E-state index contributed by atoms with van der Waals surface area (Å²) in [5.74, 6) is -0.687. The van der Waals surface area contributed by atoms with E-state index in [9.17, 15) is 19.5 Å². The highest BCUT2D eigenvalue weighted by atomic mass is 16.4. The van der Waals surface area contributed by atoms with Gasteiger partial charge in [0, 0.05) is 5.39 Å². The van der Waals surface area contributed by atoms with Crippen molar-refractivity contribution >= 4 is 23.0 Å². The van der Waals surface area contributed by atoms with Crippen molar-refractivity contribution in [2.45, 2.75) is 6.92 Å². The van der Waals surface area contributed by atoms with Gasteiger partial charge in [0.15, 0.2) is 17.7 Å². The number of ketones is 1. The van der Waals surface area contributed by atoms with Crippen LogP contribution < -0.4 is 5.63 Å². The van der Waals surface area contributed by atoms with Gasteiger partial charge in [-0.15, -0.1) is 0 Å². The SMILES string of the molecule is CC(=O)c1cc2ccc(O)c(C=O)c2oc1=O. The van der Waals surface area contributed by atoms with E-state index in [1.807, 2.05) is 0 Å². The molecule has 17 heavy (non-hydrogen) atoms. The predicted molar refractivity (Wildman–Crippen MR) is 59.5 cm³/mol. The Labute approximate surface area is 95.3 Å². The van der Waals surface area contributed by atoms with Crippen molar-refractivity contribution in [1.82, 2.24) is 0 Å². The van der Waals surface area contributed by atoms with Crippen LogP contribution >= 0.6 is 0 Å². The fourth-order valence-corrected chi connectivity index (χ4v) is 1.55. The quantitative estimate of drug-likeness (QED) is 0.482. The Morgan fingerprint density at radius 1 is 1.41 bits per heavy atom. The summed E-state index contributed by atoms with van der Waals surface area (Å²) in [5, 5.41) is 9.83. The minimum Gasteiger partial charge on any atom is -0.507 e. The summed E-state index contributed by atoms with van der Waals surface area (Å²) < 4.78 is 4.89. The second-order valence-corrected chi connectivity index (χ2v) is 3.54. The van der Waals surface area contributed by atoms with Crippen LogP contribution in [-0.2, 0) is 0 Å². The number of hydrogen-bond acceptors (Lipinski definition) is 5. The van der Waals surface area contributed by atoms with E-state index < -0.39 is 11.4 Å². The highest BCUT2D eigenvalue weighted by Crippen LogP contribution is 2.25. The van der Waals surface area contributed by atoms with Crippen LogP contribution in [0.2, 0.25) is 0 Å². The molecule has 0 radical (unpaired) electrons. The van der Waals surface area contributed by atoms with Crippen molar-refractivity contribution in [2.75, 3.05) is 0 Å². The van der Waals surface area contributed by atoms with E-state index in [-0.39, 0.29) is 22.5 Å². The highest BCUT2D eigenvalue weighted by molar-refractivity contribution is 6.01. The van der Waals surface area contributed by atoms with Crippen molar-refractivity contribution in [2.24, 2.45) is 0 Å². The van der Waals surface area contributed by atoms with E-state index in [1.54, 1.807) is 0 Å². The Morgan fingerprint density at radius 2 is 2.12 bits per heavy atom. The van der Waals surface area contributed by atoms with E-state index in [4.69, 9.17) is 4.42 Å². The number of phenols is 1. The van der Waals surface area contributed by atoms with E-state index in [0.717, 1.165) is 0 Å². The smallest absolute Gasteiger partial charge is 0.347 e. The highest BCUT2D eigenvalue weighted by Gasteiger charge is 2.13. The third-order valence-electron chi connectivity index (χ3n) is 2.42. The molecule has 0 aliphatic rings. The molecule has 0 atom stereocenters. The molecule has 0 aliphatic carbocycles. The van der Waals surface area contributed by atoms with Gasteiger partial charge in [-0.25, -0.2) is 4.79 Å². The number of hydrogen-bond donors (Lipinski definition) is 1. The lowest BCUT2D eigenvalue weighted by Gasteiger charge is -2.03. The van der Waals surface area contributed by atoms with Crippen LogP contribution in [0.25, 0.3) is 11.0 Å². The van der Waals surface area contributed by atoms with Crippen molar-refractivity contribution < 1.29 is 19.1 Å². The topological polar surface area (TPSA) is 84.6 Å². The number of benzene rings is 1. The van der Waals surface area contributed by atoms with Crippen LogP contribution in [0.1, 0.15) is 27.6 Å². The van der Waals surface area contributed by atoms with E-state index in [1.165, 1.54) is 25.1 Å². The summed E-state index contributed by atoms with van der Waals surface area (Å²) in [6.07, 6.45) is 0.397. The van der Waals surface area contributed by atoms with Crippen molar-refractivity contribution in [1.29, 1.82) is 0 Å². The van der Waals surface area contributed by atoms with Crippen molar-refractivity contribution in [3.63, 3.8) is 0 Å². The van der Waals surface area contributed by atoms with Gasteiger partial charge in [-0.1, -0.05) is 0 Å². The number of aromatic hydroxyl groups is 1. The number of phenolic OH excluding ortho intramolecular Hbond substituents is 1. The molecule has 1 aromatic carbocycles. The molecular weight excluding hydrogens is 224 g/mol. The average molecular weight is 232 g/mol. The normalized spacial score (nSPS) is 10.4. The molecule has 1 aromatic heterocycles. The first kappa shape index (κ1) is 11.1. The zero-order chi connectivity index (χ0) is 12.6. The largest absolute Gasteiger partial charge is 0.507 e. The van der Waals surface area contributed by atoms with E-state index in [2.05, 4.69) is 0 Å². The molecule has 0 spiro atoms. The number of aldehydes is 1. The lowest BCUT2D eigenvalue weighted by atomic mass is 10.1. The standard InChI is InChI=1S/C12H8O5/c1-6(14)8-4-7-2-3-10(15)9(5-13)11(7)17-12(8)16/h2-5,15H,1H3. The average Bonchev–Trinajstić information content (AvgIpc) is 2.28. The first-order valence-electron chi connectivity index (χ1n) is 4.80. The van der Waals surface area contributed by atoms with Crippen LogP contribution in [0.15, 0.2) is 27.4 Å². The molecule has 1 heterocycles. The third kappa shape index (κ3) is 1.71. The molecule has 86 valence electrons. The Kier molecular flexibility index (Phi) is 2.51. The maximum absolute atomic E-state index is 11.5. The summed E-state index contributed by atoms with van der Waals surface area (Å²) in [6.45, 7) is 1.25. The van der Waals surface area contributed by atoms with E-state index >= 15 is 0 Å². The lowest BCUT2D eigenvalue weighted by molar-refractivity contribution is 0.101. The van der Waals surface area contributed by atoms with Gasteiger partial charge in [0.2, 0.25) is 0 Å². The summed E-state index contributed by atoms with van der Waals surface area (Å²) in [7, 11) is 0. The van der Waals surface area contributed by atoms with Gasteiger partial charge in [0.25, 0.3) is 0 Å². The third-order valence-corrected chi connectivity index (χ3v) is 2.42. The number of carbonyl (C=O) groups is 2. The Morgan fingerprint density at radius 3 is 2.71 bits per heavy atom. The van der Waals surface area contributed by atoms with Crippen LogP contribution in [0, 0.1) is 0 Å². The Bertz CT molecular complexity index is 681. The minimum atomic E-state index is -0.821. The lowest BCUT2D eigenvalue weighted by Crippen LogP contribution is -2.11. The minimum absolute atomic E-state index is 0.0185. The second kappa shape index (κ2) is 3.86. The van der Waals surface area contributed by atoms with Gasteiger partial charge in [0.05, 0.1) is 5.56 Å². The molecule has 2 aromatic rings. The molecule has 1 N–H and O–H groups in total. The van der Waals surface area contributed by atoms with E-state index in [0.29, 0.717) is 11.7 Å². The summed E-state index contributed by atoms with van der Waals surface area (Å²) in [6, 6.07) is 4.11. The molecule has 0 saturated carbocycles. The molecule has 0 unspecified atom stereocenters. The second-order valence-electron chi connectivity index (χ2n) is 3.54. The predicted octanol–water partition coefficient (Wildman–Crippen LogP) is 1.51. The number of Topliss-reactive ketones (excluding diaryl/α,β-unsaturated/α-hetero) is 1. The molecule has 5 nitrogen and oxygen atoms in total. The van der Waals surface area contributed by atoms with Gasteiger partial charge in [-0.3, -0.25) is 9.59 Å². The molecule has 0 bridgehead atoms. The summed E-state index contributed by atoms with van der Waals surface area (Å²) >= 11 is 0. The van der Waals surface area contributed by atoms with Gasteiger partial charge in [-0.2, -0.15) is 0 Å². The molecule has 0 aliphatic heterocycles. The van der Waals surface area contributed by atoms with Crippen LogP contribution in [0.5, 0.6) is 5.75 Å². The number of rotatable bonds is 2. The van der Waals surface area contributed by atoms with Crippen LogP contribution in [-0.4, -0.2) is 17.2 Å². The molecule has 2 rings (SSSR count). The zero-order valence-electron chi connectivity index (χ0n) is 8.89. The van der Waals surface area contributed by atoms with Gasteiger partial charge in [-0.05, 0) is 25.1 Å². The van der Waals surface area contributed by atoms with Crippen LogP contribution in [0.4, 0.5) is 0 Å². The maximum Gasteiger partial charge on any atom is 0.347 e. The molecule has 5 heteroatoms. The van der Waals surface area contributed by atoms with Gasteiger partial charge in [0.1, 0.15) is 11.3 Å². The number of carbonyl (C=O) groups excluding carboxylic acids is 2. The maximum atomic E-state index is 11.5. The Hall–Kier alpha value is -2.43. The van der Waals surface area contributed by atoms with Crippen LogP contribution in [0.3, 0.4) is 0 Å². The van der Waals surface area contributed by atoms with Gasteiger partial charge < -0.3 is 9.52 Å². The summed E-state index contributed by atoms with van der Waals surface area (Å²) in [5.41, 5.74) is -1.02. The molecular formula is C12H8O5. The zero-order valence-corrected chi connectivity index (χ0v) is 8.89. The molecule has 0 saturated heterocycles. The number of fused-ring (bicyclic) bond motifs is 1. The first-order valence-corrected chi connectivity index (χ1v) is 4.80. The summed E-state index contributed by atoms with van der Waals surface area (Å²) in [4.78, 5) is 33.4.